The molecule has 1 amide bonds. The average molecular weight is 386 g/mol. The molecule has 2 aliphatic heterocycles. The van der Waals surface area contributed by atoms with Crippen LogP contribution in [0, 0.1) is 0 Å². The van der Waals surface area contributed by atoms with E-state index in [0.29, 0.717) is 34.7 Å². The molecule has 0 N–H and O–H groups in total. The molecule has 0 bridgehead atoms. The number of rotatable bonds is 4. The predicted octanol–water partition coefficient (Wildman–Crippen LogP) is 3.52. The fraction of sp³-hybridized carbons (Fsp3) is 0.263. The molecule has 0 atom stereocenters. The van der Waals surface area contributed by atoms with E-state index in [9.17, 15) is 4.79 Å². The third kappa shape index (κ3) is 3.70. The van der Waals surface area contributed by atoms with Gasteiger partial charge in [-0.25, -0.2) is 0 Å². The lowest BCUT2D eigenvalue weighted by Gasteiger charge is -2.26. The Morgan fingerprint density at radius 3 is 2.65 bits per heavy atom. The summed E-state index contributed by atoms with van der Waals surface area (Å²) in [5.41, 5.74) is 1.05. The second-order valence-electron chi connectivity index (χ2n) is 6.03. The Balaban J connectivity index is 1.48. The summed E-state index contributed by atoms with van der Waals surface area (Å²) >= 11 is 6.71. The summed E-state index contributed by atoms with van der Waals surface area (Å²) in [7, 11) is 0. The highest BCUT2D eigenvalue weighted by Gasteiger charge is 2.32. The lowest BCUT2D eigenvalue weighted by atomic mass is 10.2. The number of nitrogens with zero attached hydrogens (tertiary/aromatic N) is 2. The highest BCUT2D eigenvalue weighted by atomic mass is 32.2. The summed E-state index contributed by atoms with van der Waals surface area (Å²) in [6.07, 6.45) is 1.77. The summed E-state index contributed by atoms with van der Waals surface area (Å²) < 4.78 is 11.8. The molecule has 2 saturated heterocycles. The number of benzene rings is 1. The number of carbonyl (C=O) groups is 1. The van der Waals surface area contributed by atoms with E-state index in [4.69, 9.17) is 21.4 Å². The maximum atomic E-state index is 12.7. The second-order valence-corrected chi connectivity index (χ2v) is 7.70. The number of thioether (sulfide) groups is 1. The molecule has 26 heavy (non-hydrogen) atoms. The van der Waals surface area contributed by atoms with Crippen molar-refractivity contribution in [2.75, 3.05) is 31.2 Å². The van der Waals surface area contributed by atoms with Crippen molar-refractivity contribution < 1.29 is 13.9 Å². The van der Waals surface area contributed by atoms with Gasteiger partial charge in [0.15, 0.2) is 5.88 Å². The van der Waals surface area contributed by atoms with Crippen molar-refractivity contribution in [2.45, 2.75) is 6.54 Å². The zero-order chi connectivity index (χ0) is 17.9. The number of amides is 1. The molecule has 5 nitrogen and oxygen atoms in total. The molecule has 0 unspecified atom stereocenters. The Hall–Kier alpha value is -2.09. The van der Waals surface area contributed by atoms with Crippen molar-refractivity contribution in [1.29, 1.82) is 0 Å². The number of thiocarbonyl (C=S) groups is 1. The fourth-order valence-corrected chi connectivity index (χ4v) is 4.14. The quantitative estimate of drug-likeness (QED) is 0.592. The van der Waals surface area contributed by atoms with E-state index in [2.05, 4.69) is 4.90 Å². The van der Waals surface area contributed by atoms with Crippen LogP contribution in [0.25, 0.3) is 6.08 Å². The van der Waals surface area contributed by atoms with Gasteiger partial charge in [0.05, 0.1) is 24.7 Å². The lowest BCUT2D eigenvalue weighted by Crippen LogP contribution is -2.35. The number of hydrogen-bond donors (Lipinski definition) is 0. The number of anilines is 1. The first kappa shape index (κ1) is 17.3. The number of hydrogen-bond acceptors (Lipinski definition) is 6. The molecule has 1 aromatic heterocycles. The molecule has 2 fully saturated rings. The van der Waals surface area contributed by atoms with Crippen LogP contribution in [0.3, 0.4) is 0 Å². The van der Waals surface area contributed by atoms with Gasteiger partial charge in [0.25, 0.3) is 5.91 Å². The molecule has 2 aliphatic rings. The highest BCUT2D eigenvalue weighted by molar-refractivity contribution is 8.26. The van der Waals surface area contributed by atoms with Crippen LogP contribution in [0.15, 0.2) is 51.8 Å². The van der Waals surface area contributed by atoms with Crippen LogP contribution in [0.1, 0.15) is 11.3 Å². The van der Waals surface area contributed by atoms with Crippen LogP contribution in [0.2, 0.25) is 0 Å². The molecule has 4 rings (SSSR count). The van der Waals surface area contributed by atoms with Crippen LogP contribution in [0.5, 0.6) is 0 Å². The molecular weight excluding hydrogens is 368 g/mol. The molecular formula is C19H18N2O3S2. The number of furan rings is 1. The highest BCUT2D eigenvalue weighted by Crippen LogP contribution is 2.34. The van der Waals surface area contributed by atoms with E-state index < -0.39 is 0 Å². The van der Waals surface area contributed by atoms with Crippen LogP contribution in [-0.2, 0) is 16.1 Å². The average Bonchev–Trinajstić information content (AvgIpc) is 3.24. The van der Waals surface area contributed by atoms with Crippen LogP contribution >= 0.6 is 24.0 Å². The van der Waals surface area contributed by atoms with Crippen LogP contribution in [0.4, 0.5) is 5.88 Å². The monoisotopic (exact) mass is 386 g/mol. The molecule has 7 heteroatoms. The predicted molar refractivity (Wildman–Crippen MR) is 107 cm³/mol. The van der Waals surface area contributed by atoms with E-state index in [0.717, 1.165) is 24.5 Å². The van der Waals surface area contributed by atoms with E-state index >= 15 is 0 Å². The topological polar surface area (TPSA) is 45.9 Å². The molecule has 0 aliphatic carbocycles. The van der Waals surface area contributed by atoms with Gasteiger partial charge in [0.1, 0.15) is 10.1 Å². The van der Waals surface area contributed by atoms with Gasteiger partial charge in [0, 0.05) is 25.2 Å². The Morgan fingerprint density at radius 1 is 1.12 bits per heavy atom. The van der Waals surface area contributed by atoms with Gasteiger partial charge in [-0.3, -0.25) is 9.69 Å². The van der Waals surface area contributed by atoms with E-state index in [1.54, 1.807) is 11.0 Å². The molecule has 3 heterocycles. The summed E-state index contributed by atoms with van der Waals surface area (Å²) in [6, 6.07) is 13.7. The molecule has 0 radical (unpaired) electrons. The molecule has 2 aromatic rings. The summed E-state index contributed by atoms with van der Waals surface area (Å²) in [5.74, 6) is 1.39. The SMILES string of the molecule is O=C1C(=Cc2ccc(N3CCOCC3)o2)SC(=S)N1Cc1ccccc1. The normalized spacial score (nSPS) is 19.6. The van der Waals surface area contributed by atoms with Gasteiger partial charge < -0.3 is 14.1 Å². The standard InChI is InChI=1S/C19H18N2O3S2/c22-18-16(26-19(25)21(18)13-14-4-2-1-3-5-14)12-15-6-7-17(24-15)20-8-10-23-11-9-20/h1-7,12H,8-11,13H2. The van der Waals surface area contributed by atoms with Crippen molar-refractivity contribution in [3.63, 3.8) is 0 Å². The number of carbonyl (C=O) groups excluding carboxylic acids is 1. The fourth-order valence-electron chi connectivity index (χ4n) is 2.90. The van der Waals surface area contributed by atoms with Crippen molar-refractivity contribution in [1.82, 2.24) is 4.90 Å². The van der Waals surface area contributed by atoms with Gasteiger partial charge in [-0.2, -0.15) is 0 Å². The summed E-state index contributed by atoms with van der Waals surface area (Å²) in [5, 5.41) is 0. The van der Waals surface area contributed by atoms with E-state index in [1.807, 2.05) is 42.5 Å². The Kier molecular flexibility index (Phi) is 5.10. The number of morpholine rings is 1. The molecule has 0 spiro atoms. The first-order valence-corrected chi connectivity index (χ1v) is 9.65. The van der Waals surface area contributed by atoms with Gasteiger partial charge in [-0.05, 0) is 11.6 Å². The Labute approximate surface area is 161 Å². The third-order valence-electron chi connectivity index (χ3n) is 4.27. The van der Waals surface area contributed by atoms with Gasteiger partial charge in [-0.15, -0.1) is 0 Å². The minimum absolute atomic E-state index is 0.0758. The van der Waals surface area contributed by atoms with E-state index in [-0.39, 0.29) is 5.91 Å². The molecule has 1 aromatic carbocycles. The van der Waals surface area contributed by atoms with Gasteiger partial charge in [-0.1, -0.05) is 54.3 Å². The van der Waals surface area contributed by atoms with Crippen LogP contribution in [-0.4, -0.2) is 41.4 Å². The first-order chi connectivity index (χ1) is 12.7. The zero-order valence-electron chi connectivity index (χ0n) is 14.1. The molecule has 0 saturated carbocycles. The van der Waals surface area contributed by atoms with Crippen molar-refractivity contribution >= 4 is 46.2 Å². The largest absolute Gasteiger partial charge is 0.441 e. The molecule has 134 valence electrons. The van der Waals surface area contributed by atoms with E-state index in [1.165, 1.54) is 11.8 Å². The van der Waals surface area contributed by atoms with Crippen molar-refractivity contribution in [3.8, 4) is 0 Å². The smallest absolute Gasteiger partial charge is 0.266 e. The Bertz CT molecular complexity index is 841. The summed E-state index contributed by atoms with van der Waals surface area (Å²) in [6.45, 7) is 3.51. The minimum atomic E-state index is -0.0758. The third-order valence-corrected chi connectivity index (χ3v) is 5.64. The van der Waals surface area contributed by atoms with Crippen molar-refractivity contribution in [2.24, 2.45) is 0 Å². The van der Waals surface area contributed by atoms with Gasteiger partial charge >= 0.3 is 0 Å². The van der Waals surface area contributed by atoms with Crippen LogP contribution < -0.4 is 4.90 Å². The summed E-state index contributed by atoms with van der Waals surface area (Å²) in [4.78, 5) is 17.1. The maximum absolute atomic E-state index is 12.7. The maximum Gasteiger partial charge on any atom is 0.266 e. The first-order valence-electron chi connectivity index (χ1n) is 8.42. The zero-order valence-corrected chi connectivity index (χ0v) is 15.7. The number of ether oxygens (including phenoxy) is 1. The van der Waals surface area contributed by atoms with Crippen molar-refractivity contribution in [3.05, 3.63) is 58.7 Å². The minimum Gasteiger partial charge on any atom is -0.441 e. The van der Waals surface area contributed by atoms with Gasteiger partial charge in [0.2, 0.25) is 0 Å². The lowest BCUT2D eigenvalue weighted by molar-refractivity contribution is -0.122. The Morgan fingerprint density at radius 2 is 1.88 bits per heavy atom. The second kappa shape index (κ2) is 7.65.